The van der Waals surface area contributed by atoms with Crippen molar-refractivity contribution in [3.63, 3.8) is 0 Å². The van der Waals surface area contributed by atoms with E-state index in [1.54, 1.807) is 0 Å². The SMILES string of the molecule is CC/C=C/C=C/C=C/C=C/C=C/CCCC(=O)OCC(CO)OC(=O)CCCCCCCCCCCCCCCCCCCCCCC. The van der Waals surface area contributed by atoms with E-state index in [1.165, 1.54) is 116 Å². The third-order valence-corrected chi connectivity index (χ3v) is 8.45. The molecule has 0 aliphatic rings. The van der Waals surface area contributed by atoms with Crippen molar-refractivity contribution in [2.45, 2.75) is 187 Å². The van der Waals surface area contributed by atoms with Crippen molar-refractivity contribution in [3.05, 3.63) is 60.8 Å². The summed E-state index contributed by atoms with van der Waals surface area (Å²) in [6.07, 6.45) is 50.1. The van der Waals surface area contributed by atoms with Crippen LogP contribution in [0.1, 0.15) is 181 Å². The molecule has 48 heavy (non-hydrogen) atoms. The third kappa shape index (κ3) is 36.4. The van der Waals surface area contributed by atoms with Crippen LogP contribution in [0.3, 0.4) is 0 Å². The summed E-state index contributed by atoms with van der Waals surface area (Å²) in [5, 5.41) is 9.54. The van der Waals surface area contributed by atoms with Crippen LogP contribution in [-0.4, -0.2) is 36.4 Å². The number of esters is 2. The maximum atomic E-state index is 12.2. The Hall–Kier alpha value is -2.40. The minimum Gasteiger partial charge on any atom is -0.462 e. The highest BCUT2D eigenvalue weighted by atomic mass is 16.6. The van der Waals surface area contributed by atoms with Crippen LogP contribution in [0.25, 0.3) is 0 Å². The van der Waals surface area contributed by atoms with Gasteiger partial charge in [0, 0.05) is 12.8 Å². The Labute approximate surface area is 296 Å². The van der Waals surface area contributed by atoms with Crippen LogP contribution in [-0.2, 0) is 19.1 Å². The topological polar surface area (TPSA) is 72.8 Å². The summed E-state index contributed by atoms with van der Waals surface area (Å²) >= 11 is 0. The van der Waals surface area contributed by atoms with Crippen LogP contribution in [0.5, 0.6) is 0 Å². The molecule has 5 nitrogen and oxygen atoms in total. The van der Waals surface area contributed by atoms with Gasteiger partial charge in [-0.25, -0.2) is 0 Å². The van der Waals surface area contributed by atoms with Crippen LogP contribution in [0, 0.1) is 0 Å². The van der Waals surface area contributed by atoms with Crippen molar-refractivity contribution in [1.82, 2.24) is 0 Å². The second-order valence-electron chi connectivity index (χ2n) is 13.1. The summed E-state index contributed by atoms with van der Waals surface area (Å²) in [6, 6.07) is 0. The Morgan fingerprint density at radius 1 is 0.500 bits per heavy atom. The van der Waals surface area contributed by atoms with Gasteiger partial charge in [-0.15, -0.1) is 0 Å². The van der Waals surface area contributed by atoms with E-state index < -0.39 is 6.10 Å². The molecular formula is C43H74O5. The molecule has 1 N–H and O–H groups in total. The van der Waals surface area contributed by atoms with Crippen molar-refractivity contribution >= 4 is 11.9 Å². The maximum absolute atomic E-state index is 12.2. The molecule has 0 saturated heterocycles. The molecule has 0 rings (SSSR count). The summed E-state index contributed by atoms with van der Waals surface area (Å²) in [5.41, 5.74) is 0. The number of hydrogen-bond acceptors (Lipinski definition) is 5. The molecule has 0 aliphatic carbocycles. The summed E-state index contributed by atoms with van der Waals surface area (Å²) in [6.45, 7) is 3.93. The normalized spacial score (nSPS) is 12.8. The average Bonchev–Trinajstić information content (AvgIpc) is 3.09. The molecule has 0 aliphatic heterocycles. The molecule has 0 aromatic rings. The molecule has 0 saturated carbocycles. The van der Waals surface area contributed by atoms with Crippen LogP contribution < -0.4 is 0 Å². The quantitative estimate of drug-likeness (QED) is 0.0413. The zero-order valence-corrected chi connectivity index (χ0v) is 31.2. The Morgan fingerprint density at radius 2 is 0.896 bits per heavy atom. The number of rotatable bonds is 35. The van der Waals surface area contributed by atoms with Crippen LogP contribution in [0.2, 0.25) is 0 Å². The lowest BCUT2D eigenvalue weighted by Crippen LogP contribution is -2.28. The first-order valence-corrected chi connectivity index (χ1v) is 19.9. The number of aliphatic hydroxyl groups excluding tert-OH is 1. The van der Waals surface area contributed by atoms with E-state index in [1.807, 2.05) is 54.7 Å². The Kier molecular flexibility index (Phi) is 37.1. The summed E-state index contributed by atoms with van der Waals surface area (Å²) in [4.78, 5) is 24.2. The molecule has 1 unspecified atom stereocenters. The summed E-state index contributed by atoms with van der Waals surface area (Å²) < 4.78 is 10.5. The van der Waals surface area contributed by atoms with E-state index in [0.717, 1.165) is 32.1 Å². The summed E-state index contributed by atoms with van der Waals surface area (Å²) in [5.74, 6) is -0.676. The molecule has 0 bridgehead atoms. The Morgan fingerprint density at radius 3 is 1.33 bits per heavy atom. The van der Waals surface area contributed by atoms with Crippen molar-refractivity contribution in [2.75, 3.05) is 13.2 Å². The molecule has 0 fully saturated rings. The molecule has 0 heterocycles. The number of carbonyl (C=O) groups is 2. The minimum absolute atomic E-state index is 0.103. The van der Waals surface area contributed by atoms with Crippen LogP contribution in [0.15, 0.2) is 60.8 Å². The Bertz CT molecular complexity index is 853. The number of unbranched alkanes of at least 4 members (excludes halogenated alkanes) is 21. The number of ether oxygens (including phenoxy) is 2. The predicted octanol–water partition coefficient (Wildman–Crippen LogP) is 12.4. The van der Waals surface area contributed by atoms with Gasteiger partial charge in [0.25, 0.3) is 0 Å². The van der Waals surface area contributed by atoms with Gasteiger partial charge in [-0.1, -0.05) is 203 Å². The van der Waals surface area contributed by atoms with Crippen LogP contribution >= 0.6 is 0 Å². The molecule has 1 atom stereocenters. The lowest BCUT2D eigenvalue weighted by molar-refractivity contribution is -0.161. The number of carbonyl (C=O) groups excluding carboxylic acids is 2. The Balaban J connectivity index is 3.59. The van der Waals surface area contributed by atoms with Crippen molar-refractivity contribution < 1.29 is 24.2 Å². The molecule has 0 aromatic heterocycles. The minimum atomic E-state index is -0.799. The highest BCUT2D eigenvalue weighted by Gasteiger charge is 2.16. The number of hydrogen-bond donors (Lipinski definition) is 1. The average molecular weight is 671 g/mol. The third-order valence-electron chi connectivity index (χ3n) is 8.45. The second kappa shape index (κ2) is 39.0. The molecule has 0 amide bonds. The highest BCUT2D eigenvalue weighted by Crippen LogP contribution is 2.15. The standard InChI is InChI=1S/C43H74O5/c1-3-5-7-9-11-13-15-17-18-19-20-21-22-23-24-26-28-30-32-34-36-38-43(46)48-41(39-44)40-47-42(45)37-35-33-31-29-27-25-16-14-12-10-8-6-4-2/h6,8,10,12,14,16,25,27,29,31,41,44H,3-5,7,9,11,13,15,17-24,26,28,30,32-40H2,1-2H3/b8-6+,12-10+,16-14+,27-25+,31-29+. The molecule has 0 spiro atoms. The maximum Gasteiger partial charge on any atom is 0.306 e. The van der Waals surface area contributed by atoms with Gasteiger partial charge < -0.3 is 14.6 Å². The fraction of sp³-hybridized carbons (Fsp3) is 0.721. The highest BCUT2D eigenvalue weighted by molar-refractivity contribution is 5.70. The van der Waals surface area contributed by atoms with Gasteiger partial charge in [-0.2, -0.15) is 0 Å². The van der Waals surface area contributed by atoms with E-state index in [-0.39, 0.29) is 31.6 Å². The largest absolute Gasteiger partial charge is 0.462 e. The number of aliphatic hydroxyl groups is 1. The van der Waals surface area contributed by atoms with Gasteiger partial charge in [0.1, 0.15) is 6.61 Å². The lowest BCUT2D eigenvalue weighted by atomic mass is 10.0. The van der Waals surface area contributed by atoms with Gasteiger partial charge in [0.15, 0.2) is 6.10 Å². The summed E-state index contributed by atoms with van der Waals surface area (Å²) in [7, 11) is 0. The molecular weight excluding hydrogens is 596 g/mol. The van der Waals surface area contributed by atoms with E-state index in [0.29, 0.717) is 12.8 Å². The van der Waals surface area contributed by atoms with Gasteiger partial charge in [-0.3, -0.25) is 9.59 Å². The zero-order chi connectivity index (χ0) is 35.0. The predicted molar refractivity (Wildman–Crippen MR) is 205 cm³/mol. The van der Waals surface area contributed by atoms with E-state index >= 15 is 0 Å². The first-order chi connectivity index (χ1) is 23.6. The van der Waals surface area contributed by atoms with E-state index in [9.17, 15) is 14.7 Å². The first-order valence-electron chi connectivity index (χ1n) is 19.9. The number of allylic oxidation sites excluding steroid dienone is 10. The fourth-order valence-corrected chi connectivity index (χ4v) is 5.47. The van der Waals surface area contributed by atoms with Crippen molar-refractivity contribution in [1.29, 1.82) is 0 Å². The van der Waals surface area contributed by atoms with Gasteiger partial charge in [0.2, 0.25) is 0 Å². The fourth-order valence-electron chi connectivity index (χ4n) is 5.47. The molecule has 5 heteroatoms. The van der Waals surface area contributed by atoms with Gasteiger partial charge in [-0.05, 0) is 25.7 Å². The lowest BCUT2D eigenvalue weighted by Gasteiger charge is -2.15. The van der Waals surface area contributed by atoms with Gasteiger partial charge in [0.05, 0.1) is 6.61 Å². The molecule has 276 valence electrons. The van der Waals surface area contributed by atoms with Crippen molar-refractivity contribution in [2.24, 2.45) is 0 Å². The molecule has 0 radical (unpaired) electrons. The second-order valence-corrected chi connectivity index (χ2v) is 13.1. The van der Waals surface area contributed by atoms with Gasteiger partial charge >= 0.3 is 11.9 Å². The van der Waals surface area contributed by atoms with E-state index in [4.69, 9.17) is 9.47 Å². The van der Waals surface area contributed by atoms with Crippen molar-refractivity contribution in [3.8, 4) is 0 Å². The molecule has 0 aromatic carbocycles. The smallest absolute Gasteiger partial charge is 0.306 e. The van der Waals surface area contributed by atoms with E-state index in [2.05, 4.69) is 19.9 Å². The first kappa shape index (κ1) is 45.6. The monoisotopic (exact) mass is 671 g/mol. The van der Waals surface area contributed by atoms with Crippen LogP contribution in [0.4, 0.5) is 0 Å². The zero-order valence-electron chi connectivity index (χ0n) is 31.2.